The summed E-state index contributed by atoms with van der Waals surface area (Å²) >= 11 is 0. The molecule has 1 aromatic heterocycles. The minimum atomic E-state index is -0.759. The molecule has 0 aliphatic heterocycles. The van der Waals surface area contributed by atoms with Crippen LogP contribution >= 0.6 is 0 Å². The van der Waals surface area contributed by atoms with E-state index in [0.29, 0.717) is 24.1 Å². The van der Waals surface area contributed by atoms with Crippen LogP contribution in [0, 0.1) is 12.8 Å². The molecule has 1 atom stereocenters. The monoisotopic (exact) mass is 278 g/mol. The largest absolute Gasteiger partial charge is 0.478 e. The van der Waals surface area contributed by atoms with E-state index in [2.05, 4.69) is 10.3 Å². The molecule has 0 radical (unpaired) electrons. The number of carbonyl (C=O) groups is 1. The van der Waals surface area contributed by atoms with Crippen LogP contribution in [0.5, 0.6) is 5.88 Å². The van der Waals surface area contributed by atoms with Crippen LogP contribution in [0.1, 0.15) is 32.4 Å². The summed E-state index contributed by atoms with van der Waals surface area (Å²) in [4.78, 5) is 16.7. The van der Waals surface area contributed by atoms with Crippen molar-refractivity contribution < 1.29 is 14.3 Å². The Morgan fingerprint density at radius 2 is 2.20 bits per heavy atom. The van der Waals surface area contributed by atoms with Crippen molar-refractivity contribution in [3.8, 4) is 5.88 Å². The summed E-state index contributed by atoms with van der Waals surface area (Å²) in [6, 6.07) is 3.57. The number of rotatable bonds is 6. The summed E-state index contributed by atoms with van der Waals surface area (Å²) in [5.74, 6) is 0.764. The summed E-state index contributed by atoms with van der Waals surface area (Å²) in [5.41, 5.74) is 0.673. The van der Waals surface area contributed by atoms with Gasteiger partial charge >= 0.3 is 0 Å². The third-order valence-electron chi connectivity index (χ3n) is 3.83. The molecule has 0 saturated heterocycles. The van der Waals surface area contributed by atoms with Crippen LogP contribution < -0.4 is 10.1 Å². The Morgan fingerprint density at radius 3 is 2.70 bits per heavy atom. The fourth-order valence-electron chi connectivity index (χ4n) is 2.22. The number of nitrogens with one attached hydrogen (secondary N) is 1. The number of pyridine rings is 1. The van der Waals surface area contributed by atoms with Crippen LogP contribution in [0.25, 0.3) is 0 Å². The van der Waals surface area contributed by atoms with Gasteiger partial charge < -0.3 is 14.8 Å². The van der Waals surface area contributed by atoms with E-state index in [-0.39, 0.29) is 5.91 Å². The number of hydrogen-bond acceptors (Lipinski definition) is 4. The normalized spacial score (nSPS) is 17.4. The van der Waals surface area contributed by atoms with Gasteiger partial charge in [-0.15, -0.1) is 0 Å². The van der Waals surface area contributed by atoms with Gasteiger partial charge in [0.1, 0.15) is 5.60 Å². The van der Waals surface area contributed by atoms with E-state index in [1.165, 1.54) is 0 Å². The molecular formula is C15H22N2O3. The van der Waals surface area contributed by atoms with Crippen LogP contribution in [0.2, 0.25) is 0 Å². The maximum Gasteiger partial charge on any atom is 0.256 e. The van der Waals surface area contributed by atoms with E-state index in [1.807, 2.05) is 26.8 Å². The Bertz CT molecular complexity index is 500. The summed E-state index contributed by atoms with van der Waals surface area (Å²) in [6.45, 7) is 6.17. The molecule has 2 rings (SSSR count). The Kier molecular flexibility index (Phi) is 4.28. The van der Waals surface area contributed by atoms with Gasteiger partial charge in [-0.1, -0.05) is 0 Å². The van der Waals surface area contributed by atoms with E-state index >= 15 is 0 Å². The maximum absolute atomic E-state index is 12.4. The molecule has 20 heavy (non-hydrogen) atoms. The number of anilines is 1. The van der Waals surface area contributed by atoms with Crippen molar-refractivity contribution in [1.29, 1.82) is 0 Å². The molecule has 1 heterocycles. The Labute approximate surface area is 119 Å². The minimum absolute atomic E-state index is 0.114. The first kappa shape index (κ1) is 14.8. The topological polar surface area (TPSA) is 60.5 Å². The molecule has 1 saturated carbocycles. The van der Waals surface area contributed by atoms with E-state index in [0.717, 1.165) is 18.5 Å². The fraction of sp³-hybridized carbons (Fsp3) is 0.600. The number of aromatic nitrogens is 1. The SMILES string of the molecule is CCOc1ccc(NC(=O)[C@](C)(OC)C2CC2)c(C)n1. The third-order valence-corrected chi connectivity index (χ3v) is 3.83. The molecule has 110 valence electrons. The van der Waals surface area contributed by atoms with E-state index in [9.17, 15) is 4.79 Å². The Morgan fingerprint density at radius 1 is 1.50 bits per heavy atom. The van der Waals surface area contributed by atoms with Gasteiger partial charge in [-0.25, -0.2) is 4.98 Å². The fourth-order valence-corrected chi connectivity index (χ4v) is 2.22. The minimum Gasteiger partial charge on any atom is -0.478 e. The number of hydrogen-bond donors (Lipinski definition) is 1. The van der Waals surface area contributed by atoms with Crippen molar-refractivity contribution in [3.63, 3.8) is 0 Å². The average Bonchev–Trinajstić information content (AvgIpc) is 3.26. The molecule has 0 aromatic carbocycles. The van der Waals surface area contributed by atoms with Gasteiger partial charge in [0.05, 0.1) is 18.0 Å². The highest BCUT2D eigenvalue weighted by Crippen LogP contribution is 2.42. The molecule has 1 aromatic rings. The molecule has 0 spiro atoms. The first-order valence-corrected chi connectivity index (χ1v) is 6.98. The average molecular weight is 278 g/mol. The third kappa shape index (κ3) is 2.93. The second-order valence-corrected chi connectivity index (χ2v) is 5.26. The molecule has 1 aliphatic carbocycles. The molecule has 1 aliphatic rings. The molecular weight excluding hydrogens is 256 g/mol. The quantitative estimate of drug-likeness (QED) is 0.868. The highest BCUT2D eigenvalue weighted by molar-refractivity contribution is 5.98. The van der Waals surface area contributed by atoms with Gasteiger partial charge in [0.15, 0.2) is 0 Å². The Hall–Kier alpha value is -1.62. The molecule has 0 bridgehead atoms. The number of ether oxygens (including phenoxy) is 2. The number of carbonyl (C=O) groups excluding carboxylic acids is 1. The van der Waals surface area contributed by atoms with Crippen LogP contribution in [0.15, 0.2) is 12.1 Å². The number of amides is 1. The van der Waals surface area contributed by atoms with Gasteiger partial charge in [-0.2, -0.15) is 0 Å². The first-order chi connectivity index (χ1) is 9.51. The van der Waals surface area contributed by atoms with E-state index in [1.54, 1.807) is 13.2 Å². The van der Waals surface area contributed by atoms with Crippen molar-refractivity contribution in [2.24, 2.45) is 5.92 Å². The highest BCUT2D eigenvalue weighted by Gasteiger charge is 2.47. The van der Waals surface area contributed by atoms with Crippen molar-refractivity contribution >= 4 is 11.6 Å². The van der Waals surface area contributed by atoms with Gasteiger partial charge in [-0.3, -0.25) is 4.79 Å². The maximum atomic E-state index is 12.4. The predicted molar refractivity (Wildman–Crippen MR) is 76.9 cm³/mol. The van der Waals surface area contributed by atoms with Crippen molar-refractivity contribution in [1.82, 2.24) is 4.98 Å². The van der Waals surface area contributed by atoms with Crippen LogP contribution in [0.3, 0.4) is 0 Å². The van der Waals surface area contributed by atoms with Crippen LogP contribution in [0.4, 0.5) is 5.69 Å². The zero-order chi connectivity index (χ0) is 14.8. The van der Waals surface area contributed by atoms with Crippen molar-refractivity contribution in [3.05, 3.63) is 17.8 Å². The summed E-state index contributed by atoms with van der Waals surface area (Å²) in [5, 5.41) is 2.91. The second kappa shape index (κ2) is 5.79. The van der Waals surface area contributed by atoms with Crippen molar-refractivity contribution in [2.45, 2.75) is 39.2 Å². The summed E-state index contributed by atoms with van der Waals surface area (Å²) < 4.78 is 10.8. The smallest absolute Gasteiger partial charge is 0.256 e. The molecule has 5 heteroatoms. The highest BCUT2D eigenvalue weighted by atomic mass is 16.5. The van der Waals surface area contributed by atoms with E-state index in [4.69, 9.17) is 9.47 Å². The second-order valence-electron chi connectivity index (χ2n) is 5.26. The molecule has 1 N–H and O–H groups in total. The summed E-state index contributed by atoms with van der Waals surface area (Å²) in [7, 11) is 1.58. The number of nitrogens with zero attached hydrogens (tertiary/aromatic N) is 1. The van der Waals surface area contributed by atoms with Gasteiger partial charge in [0.2, 0.25) is 5.88 Å². The van der Waals surface area contributed by atoms with Gasteiger partial charge in [0.25, 0.3) is 5.91 Å². The lowest BCUT2D eigenvalue weighted by Gasteiger charge is -2.27. The lowest BCUT2D eigenvalue weighted by molar-refractivity contribution is -0.138. The lowest BCUT2D eigenvalue weighted by Crippen LogP contribution is -2.44. The number of methoxy groups -OCH3 is 1. The summed E-state index contributed by atoms with van der Waals surface area (Å²) in [6.07, 6.45) is 2.08. The molecule has 0 unspecified atom stereocenters. The Balaban J connectivity index is 2.11. The molecule has 5 nitrogen and oxygen atoms in total. The molecule has 1 amide bonds. The van der Waals surface area contributed by atoms with E-state index < -0.39 is 5.60 Å². The van der Waals surface area contributed by atoms with Crippen LogP contribution in [-0.2, 0) is 9.53 Å². The zero-order valence-electron chi connectivity index (χ0n) is 12.5. The van der Waals surface area contributed by atoms with Crippen molar-refractivity contribution in [2.75, 3.05) is 19.0 Å². The number of aryl methyl sites for hydroxylation is 1. The lowest BCUT2D eigenvalue weighted by atomic mass is 9.99. The van der Waals surface area contributed by atoms with Gasteiger partial charge in [-0.05, 0) is 45.6 Å². The standard InChI is InChI=1S/C15H22N2O3/c1-5-20-13-9-8-12(10(2)16-13)17-14(18)15(3,19-4)11-6-7-11/h8-9,11H,5-7H2,1-4H3,(H,17,18)/t15-/m1/s1. The van der Waals surface area contributed by atoms with Gasteiger partial charge in [0, 0.05) is 13.2 Å². The zero-order valence-corrected chi connectivity index (χ0v) is 12.5. The first-order valence-electron chi connectivity index (χ1n) is 6.98. The van der Waals surface area contributed by atoms with Crippen LogP contribution in [-0.4, -0.2) is 30.2 Å². The molecule has 1 fully saturated rings. The predicted octanol–water partition coefficient (Wildman–Crippen LogP) is 2.54.